The number of anilines is 1. The Bertz CT molecular complexity index is 1330. The molecule has 0 bridgehead atoms. The van der Waals surface area contributed by atoms with Gasteiger partial charge in [-0.25, -0.2) is 9.97 Å². The van der Waals surface area contributed by atoms with E-state index in [2.05, 4.69) is 34.5 Å². The number of aryl methyl sites for hydroxylation is 1. The first-order chi connectivity index (χ1) is 16.3. The van der Waals surface area contributed by atoms with Crippen LogP contribution in [0.1, 0.15) is 23.6 Å². The Labute approximate surface area is 192 Å². The second-order valence-electron chi connectivity index (χ2n) is 7.78. The van der Waals surface area contributed by atoms with E-state index in [1.54, 1.807) is 0 Å². The minimum atomic E-state index is 0.502. The Morgan fingerprint density at radius 2 is 1.67 bits per heavy atom. The van der Waals surface area contributed by atoms with E-state index in [-0.39, 0.29) is 0 Å². The molecule has 2 aromatic carbocycles. The first-order valence-electron chi connectivity index (χ1n) is 11.1. The summed E-state index contributed by atoms with van der Waals surface area (Å²) in [5.74, 6) is 1.50. The molecule has 0 fully saturated rings. The lowest BCUT2D eigenvalue weighted by molar-refractivity contribution is 0.294. The van der Waals surface area contributed by atoms with Crippen LogP contribution in [-0.4, -0.2) is 19.6 Å². The molecule has 0 amide bonds. The number of nitrogens with zero attached hydrogens (tertiary/aromatic N) is 4. The van der Waals surface area contributed by atoms with E-state index in [9.17, 15) is 0 Å². The molecule has 3 heterocycles. The molecule has 0 saturated heterocycles. The number of fused-ring (bicyclic) bond motifs is 1. The standard InChI is InChI=1S/C27H25N5O/c1-2-22-18-30-32-25(15-24(31-27(22)32)23-11-7-4-8-12-23)28-16-21-13-14-26(29-17-21)33-19-20-9-5-3-6-10-20/h3-15,17-18,28H,2,16,19H2,1H3. The topological polar surface area (TPSA) is 64.3 Å². The summed E-state index contributed by atoms with van der Waals surface area (Å²) >= 11 is 0. The molecule has 164 valence electrons. The van der Waals surface area contributed by atoms with Gasteiger partial charge < -0.3 is 10.1 Å². The van der Waals surface area contributed by atoms with Crippen molar-refractivity contribution in [1.82, 2.24) is 19.6 Å². The van der Waals surface area contributed by atoms with E-state index >= 15 is 0 Å². The van der Waals surface area contributed by atoms with Crippen LogP contribution in [0.4, 0.5) is 5.82 Å². The largest absolute Gasteiger partial charge is 0.473 e. The van der Waals surface area contributed by atoms with E-state index in [1.807, 2.05) is 83.6 Å². The monoisotopic (exact) mass is 435 g/mol. The molecule has 0 aliphatic carbocycles. The van der Waals surface area contributed by atoms with Gasteiger partial charge >= 0.3 is 0 Å². The first kappa shape index (κ1) is 20.7. The van der Waals surface area contributed by atoms with Gasteiger partial charge in [0.15, 0.2) is 5.65 Å². The summed E-state index contributed by atoms with van der Waals surface area (Å²) in [7, 11) is 0. The summed E-state index contributed by atoms with van der Waals surface area (Å²) in [6, 6.07) is 26.3. The molecule has 0 atom stereocenters. The third kappa shape index (κ3) is 4.70. The quantitative estimate of drug-likeness (QED) is 0.346. The van der Waals surface area contributed by atoms with E-state index in [1.165, 1.54) is 0 Å². The molecular weight excluding hydrogens is 410 g/mol. The number of nitrogens with one attached hydrogen (secondary N) is 1. The van der Waals surface area contributed by atoms with E-state index in [0.717, 1.165) is 45.8 Å². The second-order valence-corrected chi connectivity index (χ2v) is 7.78. The Morgan fingerprint density at radius 3 is 2.39 bits per heavy atom. The van der Waals surface area contributed by atoms with Crippen molar-refractivity contribution >= 4 is 11.5 Å². The molecule has 5 rings (SSSR count). The summed E-state index contributed by atoms with van der Waals surface area (Å²) in [5, 5.41) is 8.07. The highest BCUT2D eigenvalue weighted by Crippen LogP contribution is 2.24. The molecule has 33 heavy (non-hydrogen) atoms. The number of rotatable bonds is 8. The van der Waals surface area contributed by atoms with Crippen LogP contribution in [0.25, 0.3) is 16.9 Å². The van der Waals surface area contributed by atoms with Gasteiger partial charge in [-0.2, -0.15) is 9.61 Å². The fourth-order valence-corrected chi connectivity index (χ4v) is 3.67. The van der Waals surface area contributed by atoms with Crippen molar-refractivity contribution in [2.45, 2.75) is 26.5 Å². The smallest absolute Gasteiger partial charge is 0.213 e. The molecule has 6 nitrogen and oxygen atoms in total. The number of benzene rings is 2. The van der Waals surface area contributed by atoms with E-state index < -0.39 is 0 Å². The predicted molar refractivity (Wildman–Crippen MR) is 130 cm³/mol. The molecule has 3 aromatic heterocycles. The summed E-state index contributed by atoms with van der Waals surface area (Å²) in [6.45, 7) is 3.23. The lowest BCUT2D eigenvalue weighted by atomic mass is 10.1. The molecule has 0 spiro atoms. The zero-order valence-corrected chi connectivity index (χ0v) is 18.5. The van der Waals surface area contributed by atoms with Crippen LogP contribution < -0.4 is 10.1 Å². The average Bonchev–Trinajstić information content (AvgIpc) is 3.31. The third-order valence-corrected chi connectivity index (χ3v) is 5.50. The Hall–Kier alpha value is -4.19. The predicted octanol–water partition coefficient (Wildman–Crippen LogP) is 5.54. The van der Waals surface area contributed by atoms with Crippen molar-refractivity contribution in [3.8, 4) is 17.1 Å². The maximum atomic E-state index is 5.79. The second kappa shape index (κ2) is 9.53. The summed E-state index contributed by atoms with van der Waals surface area (Å²) in [5.41, 5.74) is 6.17. The average molecular weight is 436 g/mol. The third-order valence-electron chi connectivity index (χ3n) is 5.50. The highest BCUT2D eigenvalue weighted by Gasteiger charge is 2.12. The summed E-state index contributed by atoms with van der Waals surface area (Å²) in [6.07, 6.45) is 4.61. The minimum absolute atomic E-state index is 0.502. The van der Waals surface area contributed by atoms with Crippen LogP contribution in [0.5, 0.6) is 5.88 Å². The van der Waals surface area contributed by atoms with Crippen molar-refractivity contribution in [2.75, 3.05) is 5.32 Å². The van der Waals surface area contributed by atoms with Crippen LogP contribution in [0.2, 0.25) is 0 Å². The number of pyridine rings is 1. The molecule has 5 aromatic rings. The van der Waals surface area contributed by atoms with Gasteiger partial charge in [0.25, 0.3) is 0 Å². The van der Waals surface area contributed by atoms with Gasteiger partial charge in [0.05, 0.1) is 11.9 Å². The fraction of sp³-hybridized carbons (Fsp3) is 0.148. The minimum Gasteiger partial charge on any atom is -0.473 e. The number of hydrogen-bond donors (Lipinski definition) is 1. The van der Waals surface area contributed by atoms with Crippen LogP contribution in [0.15, 0.2) is 91.3 Å². The molecule has 6 heteroatoms. The Morgan fingerprint density at radius 1 is 0.879 bits per heavy atom. The molecule has 1 N–H and O–H groups in total. The van der Waals surface area contributed by atoms with Gasteiger partial charge in [0.1, 0.15) is 12.4 Å². The number of ether oxygens (including phenoxy) is 1. The highest BCUT2D eigenvalue weighted by atomic mass is 16.5. The lowest BCUT2D eigenvalue weighted by Crippen LogP contribution is -2.07. The zero-order chi connectivity index (χ0) is 22.5. The number of hydrogen-bond acceptors (Lipinski definition) is 5. The van der Waals surface area contributed by atoms with Gasteiger partial charge in [-0.05, 0) is 17.5 Å². The maximum Gasteiger partial charge on any atom is 0.213 e. The van der Waals surface area contributed by atoms with Crippen molar-refractivity contribution in [3.63, 3.8) is 0 Å². The van der Waals surface area contributed by atoms with Gasteiger partial charge in [-0.3, -0.25) is 0 Å². The molecule has 0 aliphatic heterocycles. The summed E-state index contributed by atoms with van der Waals surface area (Å²) < 4.78 is 7.66. The Kier molecular flexibility index (Phi) is 5.97. The molecule has 0 saturated carbocycles. The zero-order valence-electron chi connectivity index (χ0n) is 18.5. The Balaban J connectivity index is 1.33. The van der Waals surface area contributed by atoms with Gasteiger partial charge in [-0.15, -0.1) is 0 Å². The van der Waals surface area contributed by atoms with E-state index in [4.69, 9.17) is 9.72 Å². The molecule has 0 aliphatic rings. The molecule has 0 radical (unpaired) electrons. The fourth-order valence-electron chi connectivity index (χ4n) is 3.67. The van der Waals surface area contributed by atoms with Gasteiger partial charge in [-0.1, -0.05) is 73.7 Å². The van der Waals surface area contributed by atoms with Crippen molar-refractivity contribution in [2.24, 2.45) is 0 Å². The van der Waals surface area contributed by atoms with Crippen molar-refractivity contribution < 1.29 is 4.74 Å². The van der Waals surface area contributed by atoms with Crippen LogP contribution in [0.3, 0.4) is 0 Å². The highest BCUT2D eigenvalue weighted by molar-refractivity contribution is 5.67. The normalized spacial score (nSPS) is 10.9. The van der Waals surface area contributed by atoms with Crippen molar-refractivity contribution in [3.05, 3.63) is 108 Å². The molecule has 0 unspecified atom stereocenters. The lowest BCUT2D eigenvalue weighted by Gasteiger charge is -2.12. The van der Waals surface area contributed by atoms with Gasteiger partial charge in [0.2, 0.25) is 5.88 Å². The van der Waals surface area contributed by atoms with Crippen LogP contribution in [0, 0.1) is 0 Å². The number of aromatic nitrogens is 4. The van der Waals surface area contributed by atoms with Gasteiger partial charge in [0, 0.05) is 36.0 Å². The summed E-state index contributed by atoms with van der Waals surface area (Å²) in [4.78, 5) is 9.33. The van der Waals surface area contributed by atoms with Crippen LogP contribution in [-0.2, 0) is 19.6 Å². The maximum absolute atomic E-state index is 5.79. The molecular formula is C27H25N5O. The van der Waals surface area contributed by atoms with E-state index in [0.29, 0.717) is 19.0 Å². The SMILES string of the molecule is CCc1cnn2c(NCc3ccc(OCc4ccccc4)nc3)cc(-c3ccccc3)nc12. The van der Waals surface area contributed by atoms with Crippen molar-refractivity contribution in [1.29, 1.82) is 0 Å². The van der Waals surface area contributed by atoms with Crippen LogP contribution >= 0.6 is 0 Å². The first-order valence-corrected chi connectivity index (χ1v) is 11.1.